The number of carboxylic acids is 2. The second-order valence-corrected chi connectivity index (χ2v) is 5.30. The molecule has 18 heavy (non-hydrogen) atoms. The maximum atomic E-state index is 9.55. The Kier molecular flexibility index (Phi) is 5.70. The highest BCUT2D eigenvalue weighted by Gasteiger charge is 2.23. The van der Waals surface area contributed by atoms with E-state index in [0.717, 1.165) is 17.5 Å². The lowest BCUT2D eigenvalue weighted by atomic mass is 10.4. The number of aliphatic imine (C=N–C) groups is 1. The van der Waals surface area contributed by atoms with Gasteiger partial charge in [-0.05, 0) is 0 Å². The minimum Gasteiger partial charge on any atom is -0.478 e. The number of hydrogen-bond acceptors (Lipinski definition) is 5. The third-order valence-corrected chi connectivity index (χ3v) is 3.52. The molecule has 2 rings (SSSR count). The highest BCUT2D eigenvalue weighted by atomic mass is 32.2. The van der Waals surface area contributed by atoms with Crippen LogP contribution >= 0.6 is 11.8 Å². The molecule has 2 aliphatic rings. The normalized spacial score (nSPS) is 21.9. The van der Waals surface area contributed by atoms with Crippen LogP contribution in [0.2, 0.25) is 0 Å². The van der Waals surface area contributed by atoms with Gasteiger partial charge >= 0.3 is 11.9 Å². The number of amidine groups is 1. The molecular weight excluding hydrogens is 256 g/mol. The largest absolute Gasteiger partial charge is 0.478 e. The average molecular weight is 272 g/mol. The van der Waals surface area contributed by atoms with E-state index in [0.29, 0.717) is 12.2 Å². The van der Waals surface area contributed by atoms with Crippen molar-refractivity contribution in [1.29, 1.82) is 0 Å². The van der Waals surface area contributed by atoms with Crippen molar-refractivity contribution in [3.63, 3.8) is 0 Å². The van der Waals surface area contributed by atoms with E-state index >= 15 is 0 Å². The summed E-state index contributed by atoms with van der Waals surface area (Å²) in [4.78, 5) is 25.9. The van der Waals surface area contributed by atoms with Crippen LogP contribution in [0.25, 0.3) is 0 Å². The predicted molar refractivity (Wildman–Crippen MR) is 70.2 cm³/mol. The van der Waals surface area contributed by atoms with Crippen LogP contribution in [-0.4, -0.2) is 63.5 Å². The Morgan fingerprint density at radius 3 is 2.56 bits per heavy atom. The van der Waals surface area contributed by atoms with Gasteiger partial charge in [0.25, 0.3) is 0 Å². The zero-order chi connectivity index (χ0) is 13.5. The Morgan fingerprint density at radius 2 is 2.00 bits per heavy atom. The zero-order valence-electron chi connectivity index (χ0n) is 10.1. The van der Waals surface area contributed by atoms with E-state index in [4.69, 9.17) is 10.2 Å². The Labute approximate surface area is 109 Å². The minimum atomic E-state index is -1.26. The highest BCUT2D eigenvalue weighted by Crippen LogP contribution is 2.21. The van der Waals surface area contributed by atoms with Crippen molar-refractivity contribution >= 4 is 29.5 Å². The van der Waals surface area contributed by atoms with Gasteiger partial charge in [0.1, 0.15) is 5.84 Å². The second kappa shape index (κ2) is 7.05. The molecule has 6 nitrogen and oxygen atoms in total. The summed E-state index contributed by atoms with van der Waals surface area (Å²) in [5.41, 5.74) is 0. The number of carbonyl (C=O) groups is 2. The number of rotatable bonds is 2. The van der Waals surface area contributed by atoms with Crippen molar-refractivity contribution in [3.05, 3.63) is 12.2 Å². The number of nitrogens with zero attached hydrogens (tertiary/aromatic N) is 2. The molecular formula is C11H16N2O4S. The Bertz CT molecular complexity index is 365. The fraction of sp³-hybridized carbons (Fsp3) is 0.545. The van der Waals surface area contributed by atoms with Gasteiger partial charge in [-0.2, -0.15) is 0 Å². The minimum absolute atomic E-state index is 0.558. The van der Waals surface area contributed by atoms with Crippen molar-refractivity contribution < 1.29 is 19.8 Å². The third-order valence-electron chi connectivity index (χ3n) is 2.37. The molecule has 2 aliphatic heterocycles. The van der Waals surface area contributed by atoms with Gasteiger partial charge in [0.05, 0.1) is 12.3 Å². The van der Waals surface area contributed by atoms with Gasteiger partial charge in [0.15, 0.2) is 0 Å². The monoisotopic (exact) mass is 272 g/mol. The molecule has 0 bridgehead atoms. The van der Waals surface area contributed by atoms with Gasteiger partial charge in [-0.25, -0.2) is 9.59 Å². The summed E-state index contributed by atoms with van der Waals surface area (Å²) in [7, 11) is 0. The summed E-state index contributed by atoms with van der Waals surface area (Å²) < 4.78 is 0. The molecule has 0 aliphatic carbocycles. The molecule has 0 aromatic rings. The SMILES string of the molecule is CC1CN2CCN=C2CS1.O=C(O)/C=C/C(=O)O. The van der Waals surface area contributed by atoms with Crippen molar-refractivity contribution in [3.8, 4) is 0 Å². The first kappa shape index (κ1) is 14.6. The molecule has 0 aromatic carbocycles. The number of thioether (sulfide) groups is 1. The lowest BCUT2D eigenvalue weighted by molar-refractivity contribution is -0.134. The molecule has 1 saturated heterocycles. The van der Waals surface area contributed by atoms with Crippen LogP contribution in [0, 0.1) is 0 Å². The summed E-state index contributed by atoms with van der Waals surface area (Å²) in [5, 5.41) is 16.4. The standard InChI is InChI=1S/C7H12N2S.C4H4O4/c1-6-4-9-3-2-8-7(9)5-10-6;5-3(6)1-2-4(7)8/h6H,2-5H2,1H3;1-2H,(H,5,6)(H,7,8)/b;2-1+. The first-order valence-corrected chi connectivity index (χ1v) is 6.57. The average Bonchev–Trinajstić information content (AvgIpc) is 2.74. The first-order chi connectivity index (χ1) is 8.49. The van der Waals surface area contributed by atoms with Crippen LogP contribution in [0.5, 0.6) is 0 Å². The molecule has 2 heterocycles. The highest BCUT2D eigenvalue weighted by molar-refractivity contribution is 8.00. The fourth-order valence-corrected chi connectivity index (χ4v) is 2.58. The number of hydrogen-bond donors (Lipinski definition) is 2. The van der Waals surface area contributed by atoms with Gasteiger partial charge < -0.3 is 15.1 Å². The van der Waals surface area contributed by atoms with Crippen LogP contribution in [0.4, 0.5) is 0 Å². The molecule has 0 aromatic heterocycles. The molecule has 0 amide bonds. The molecule has 1 atom stereocenters. The third kappa shape index (κ3) is 5.22. The molecule has 0 spiro atoms. The van der Waals surface area contributed by atoms with Crippen LogP contribution < -0.4 is 0 Å². The quantitative estimate of drug-likeness (QED) is 0.713. The number of fused-ring (bicyclic) bond motifs is 1. The van der Waals surface area contributed by atoms with Crippen LogP contribution in [0.1, 0.15) is 6.92 Å². The smallest absolute Gasteiger partial charge is 0.328 e. The Morgan fingerprint density at radius 1 is 1.39 bits per heavy atom. The topological polar surface area (TPSA) is 90.2 Å². The Balaban J connectivity index is 0.000000187. The van der Waals surface area contributed by atoms with Crippen molar-refractivity contribution in [1.82, 2.24) is 4.90 Å². The predicted octanol–water partition coefficient (Wildman–Crippen LogP) is 0.548. The molecule has 1 fully saturated rings. The van der Waals surface area contributed by atoms with Gasteiger partial charge in [-0.15, -0.1) is 11.8 Å². The van der Waals surface area contributed by atoms with E-state index in [2.05, 4.69) is 16.8 Å². The van der Waals surface area contributed by atoms with Crippen LogP contribution in [0.15, 0.2) is 17.1 Å². The maximum absolute atomic E-state index is 9.55. The van der Waals surface area contributed by atoms with Crippen molar-refractivity contribution in [2.24, 2.45) is 4.99 Å². The number of carboxylic acid groups (broad SMARTS) is 2. The zero-order valence-corrected chi connectivity index (χ0v) is 10.9. The molecule has 1 unspecified atom stereocenters. The van der Waals surface area contributed by atoms with E-state index < -0.39 is 11.9 Å². The van der Waals surface area contributed by atoms with E-state index in [1.54, 1.807) is 0 Å². The second-order valence-electron chi connectivity index (χ2n) is 3.88. The van der Waals surface area contributed by atoms with Crippen molar-refractivity contribution in [2.45, 2.75) is 12.2 Å². The van der Waals surface area contributed by atoms with E-state index in [1.165, 1.54) is 18.9 Å². The van der Waals surface area contributed by atoms with Gasteiger partial charge in [-0.1, -0.05) is 6.92 Å². The summed E-state index contributed by atoms with van der Waals surface area (Å²) >= 11 is 2.02. The first-order valence-electron chi connectivity index (χ1n) is 5.53. The van der Waals surface area contributed by atoms with E-state index in [9.17, 15) is 9.59 Å². The molecule has 2 N–H and O–H groups in total. The molecule has 100 valence electrons. The van der Waals surface area contributed by atoms with Gasteiger partial charge in [0.2, 0.25) is 0 Å². The van der Waals surface area contributed by atoms with Gasteiger partial charge in [-0.3, -0.25) is 4.99 Å². The lowest BCUT2D eigenvalue weighted by Gasteiger charge is -2.29. The summed E-state index contributed by atoms with van der Waals surface area (Å²) in [6.07, 6.45) is 1.12. The van der Waals surface area contributed by atoms with Crippen molar-refractivity contribution in [2.75, 3.05) is 25.4 Å². The summed E-state index contributed by atoms with van der Waals surface area (Å²) in [6.45, 7) is 5.70. The summed E-state index contributed by atoms with van der Waals surface area (Å²) in [6, 6.07) is 0. The van der Waals surface area contributed by atoms with E-state index in [-0.39, 0.29) is 0 Å². The fourth-order valence-electron chi connectivity index (χ4n) is 1.58. The lowest BCUT2D eigenvalue weighted by Crippen LogP contribution is -2.38. The number of aliphatic carboxylic acids is 2. The summed E-state index contributed by atoms with van der Waals surface area (Å²) in [5.74, 6) is -0.0378. The van der Waals surface area contributed by atoms with Crippen LogP contribution in [0.3, 0.4) is 0 Å². The van der Waals surface area contributed by atoms with E-state index in [1.807, 2.05) is 11.8 Å². The molecule has 7 heteroatoms. The van der Waals surface area contributed by atoms with Crippen LogP contribution in [-0.2, 0) is 9.59 Å². The Hall–Kier alpha value is -1.50. The molecule has 0 radical (unpaired) electrons. The van der Waals surface area contributed by atoms with Gasteiger partial charge in [0, 0.05) is 30.5 Å². The maximum Gasteiger partial charge on any atom is 0.328 e. The molecule has 0 saturated carbocycles.